The Morgan fingerprint density at radius 2 is 1.58 bits per heavy atom. The van der Waals surface area contributed by atoms with Gasteiger partial charge in [0.1, 0.15) is 5.82 Å². The minimum absolute atomic E-state index is 0.0114. The first-order chi connectivity index (χ1) is 16.1. The second kappa shape index (κ2) is 9.39. The molecule has 5 rings (SSSR count). The van der Waals surface area contributed by atoms with E-state index >= 15 is 0 Å². The van der Waals surface area contributed by atoms with E-state index in [1.165, 1.54) is 12.1 Å². The van der Waals surface area contributed by atoms with Gasteiger partial charge in [0.25, 0.3) is 0 Å². The Balaban J connectivity index is 1.13. The van der Waals surface area contributed by atoms with E-state index in [-0.39, 0.29) is 17.6 Å². The molecule has 0 spiro atoms. The number of rotatable bonds is 4. The summed E-state index contributed by atoms with van der Waals surface area (Å²) >= 11 is 5.94. The van der Waals surface area contributed by atoms with Crippen molar-refractivity contribution in [3.05, 3.63) is 59.4 Å². The van der Waals surface area contributed by atoms with Gasteiger partial charge in [-0.15, -0.1) is 0 Å². The van der Waals surface area contributed by atoms with Gasteiger partial charge in [-0.25, -0.2) is 4.39 Å². The number of anilines is 2. The minimum Gasteiger partial charge on any atom is -0.368 e. The highest BCUT2D eigenvalue weighted by molar-refractivity contribution is 6.30. The zero-order chi connectivity index (χ0) is 22.8. The number of halogens is 2. The van der Waals surface area contributed by atoms with E-state index in [1.807, 2.05) is 21.9 Å². The molecule has 7 nitrogen and oxygen atoms in total. The van der Waals surface area contributed by atoms with E-state index in [1.54, 1.807) is 24.3 Å². The lowest BCUT2D eigenvalue weighted by molar-refractivity contribution is -0.136. The summed E-state index contributed by atoms with van der Waals surface area (Å²) in [5, 5.41) is 4.74. The highest BCUT2D eigenvalue weighted by Crippen LogP contribution is 2.27. The van der Waals surface area contributed by atoms with Gasteiger partial charge in [0.05, 0.1) is 0 Å². The van der Waals surface area contributed by atoms with Gasteiger partial charge in [-0.3, -0.25) is 4.79 Å². The van der Waals surface area contributed by atoms with Crippen LogP contribution in [-0.4, -0.2) is 60.2 Å². The van der Waals surface area contributed by atoms with E-state index in [9.17, 15) is 9.18 Å². The van der Waals surface area contributed by atoms with Crippen molar-refractivity contribution in [3.63, 3.8) is 0 Å². The van der Waals surface area contributed by atoms with Crippen molar-refractivity contribution < 1.29 is 13.7 Å². The number of piperidine rings is 1. The first-order valence-corrected chi connectivity index (χ1v) is 11.6. The van der Waals surface area contributed by atoms with Gasteiger partial charge < -0.3 is 19.2 Å². The Morgan fingerprint density at radius 1 is 0.909 bits per heavy atom. The molecule has 0 aliphatic carbocycles. The number of piperazine rings is 1. The third kappa shape index (κ3) is 4.80. The van der Waals surface area contributed by atoms with E-state index in [0.29, 0.717) is 43.0 Å². The van der Waals surface area contributed by atoms with Gasteiger partial charge in [0.15, 0.2) is 0 Å². The van der Waals surface area contributed by atoms with Crippen LogP contribution in [0.3, 0.4) is 0 Å². The van der Waals surface area contributed by atoms with E-state index < -0.39 is 0 Å². The summed E-state index contributed by atoms with van der Waals surface area (Å²) in [5.74, 6) is 0.526. The van der Waals surface area contributed by atoms with Crippen molar-refractivity contribution in [2.45, 2.75) is 12.8 Å². The van der Waals surface area contributed by atoms with E-state index in [0.717, 1.165) is 37.2 Å². The van der Waals surface area contributed by atoms with Gasteiger partial charge >= 0.3 is 6.01 Å². The monoisotopic (exact) mass is 469 g/mol. The second-order valence-electron chi connectivity index (χ2n) is 8.46. The molecule has 2 aromatic carbocycles. The van der Waals surface area contributed by atoms with Crippen LogP contribution >= 0.6 is 11.6 Å². The molecule has 33 heavy (non-hydrogen) atoms. The van der Waals surface area contributed by atoms with Crippen LogP contribution < -0.4 is 9.80 Å². The molecule has 2 aliphatic rings. The molecule has 3 aromatic rings. The fourth-order valence-corrected chi connectivity index (χ4v) is 4.60. The number of hydrogen-bond donors (Lipinski definition) is 0. The Kier molecular flexibility index (Phi) is 6.17. The lowest BCUT2D eigenvalue weighted by Gasteiger charge is -2.39. The molecule has 2 saturated heterocycles. The number of amides is 1. The Labute approximate surface area is 196 Å². The number of nitrogens with zero attached hydrogens (tertiary/aromatic N) is 5. The van der Waals surface area contributed by atoms with Crippen LogP contribution in [-0.2, 0) is 4.79 Å². The van der Waals surface area contributed by atoms with Crippen molar-refractivity contribution in [2.75, 3.05) is 49.1 Å². The first kappa shape index (κ1) is 21.7. The number of aromatic nitrogens is 2. The third-order valence-corrected chi connectivity index (χ3v) is 6.67. The van der Waals surface area contributed by atoms with Crippen molar-refractivity contribution in [3.8, 4) is 11.4 Å². The number of carbonyl (C=O) groups is 1. The summed E-state index contributed by atoms with van der Waals surface area (Å²) in [4.78, 5) is 23.8. The first-order valence-electron chi connectivity index (χ1n) is 11.2. The highest BCUT2D eigenvalue weighted by Gasteiger charge is 2.32. The predicted octanol–water partition coefficient (Wildman–Crippen LogP) is 4.09. The zero-order valence-electron chi connectivity index (χ0n) is 18.2. The molecule has 0 unspecified atom stereocenters. The normalized spacial score (nSPS) is 17.5. The van der Waals surface area contributed by atoms with Crippen molar-refractivity contribution >= 4 is 29.2 Å². The SMILES string of the molecule is O=C(C1CCN(c2nc(-c3ccc(Cl)cc3)no2)CC1)N1CCN(c2ccc(F)cc2)CC1. The van der Waals surface area contributed by atoms with Crippen molar-refractivity contribution in [2.24, 2.45) is 5.92 Å². The lowest BCUT2D eigenvalue weighted by atomic mass is 9.95. The Hall–Kier alpha value is -3.13. The minimum atomic E-state index is -0.236. The van der Waals surface area contributed by atoms with Gasteiger partial charge in [-0.1, -0.05) is 16.8 Å². The van der Waals surface area contributed by atoms with Crippen LogP contribution in [0.5, 0.6) is 0 Å². The topological polar surface area (TPSA) is 65.7 Å². The summed E-state index contributed by atoms with van der Waals surface area (Å²) in [6, 6.07) is 14.3. The standard InChI is InChI=1S/C24H25ClFN5O2/c25-19-3-1-17(2-4-19)22-27-24(33-28-22)31-11-9-18(10-12-31)23(32)30-15-13-29(14-16-30)21-7-5-20(26)6-8-21/h1-8,18H,9-16H2. The maximum Gasteiger partial charge on any atom is 0.324 e. The highest BCUT2D eigenvalue weighted by atomic mass is 35.5. The van der Waals surface area contributed by atoms with Crippen LogP contribution in [0.1, 0.15) is 12.8 Å². The molecule has 0 saturated carbocycles. The molecule has 0 radical (unpaired) electrons. The number of carbonyl (C=O) groups excluding carboxylic acids is 1. The Morgan fingerprint density at radius 3 is 2.24 bits per heavy atom. The van der Waals surface area contributed by atoms with Gasteiger partial charge in [-0.05, 0) is 61.4 Å². The maximum absolute atomic E-state index is 13.2. The molecule has 3 heterocycles. The summed E-state index contributed by atoms with van der Waals surface area (Å²) in [7, 11) is 0. The summed E-state index contributed by atoms with van der Waals surface area (Å²) < 4.78 is 18.6. The molecule has 0 atom stereocenters. The van der Waals surface area contributed by atoms with Crippen molar-refractivity contribution in [1.82, 2.24) is 15.0 Å². The van der Waals surface area contributed by atoms with Crippen LogP contribution in [0.25, 0.3) is 11.4 Å². The van der Waals surface area contributed by atoms with E-state index in [2.05, 4.69) is 15.0 Å². The fraction of sp³-hybridized carbons (Fsp3) is 0.375. The predicted molar refractivity (Wildman–Crippen MR) is 125 cm³/mol. The Bertz CT molecular complexity index is 1090. The van der Waals surface area contributed by atoms with Crippen LogP contribution in [0.4, 0.5) is 16.1 Å². The zero-order valence-corrected chi connectivity index (χ0v) is 18.9. The third-order valence-electron chi connectivity index (χ3n) is 6.42. The van der Waals surface area contributed by atoms with Crippen molar-refractivity contribution in [1.29, 1.82) is 0 Å². The molecular weight excluding hydrogens is 445 g/mol. The molecular formula is C24H25ClFN5O2. The van der Waals surface area contributed by atoms with Gasteiger partial charge in [-0.2, -0.15) is 4.98 Å². The van der Waals surface area contributed by atoms with Crippen LogP contribution in [0, 0.1) is 11.7 Å². The molecule has 2 fully saturated rings. The number of hydrogen-bond acceptors (Lipinski definition) is 6. The molecule has 1 amide bonds. The summed E-state index contributed by atoms with van der Waals surface area (Å²) in [5.41, 5.74) is 1.84. The second-order valence-corrected chi connectivity index (χ2v) is 8.89. The molecule has 9 heteroatoms. The number of benzene rings is 2. The maximum atomic E-state index is 13.2. The molecule has 172 valence electrons. The van der Waals surface area contributed by atoms with Gasteiger partial charge in [0.2, 0.25) is 11.7 Å². The molecule has 1 aromatic heterocycles. The summed E-state index contributed by atoms with van der Waals surface area (Å²) in [6.07, 6.45) is 1.52. The molecule has 0 N–H and O–H groups in total. The average Bonchev–Trinajstić information content (AvgIpc) is 3.35. The quantitative estimate of drug-likeness (QED) is 0.573. The summed E-state index contributed by atoms with van der Waals surface area (Å²) in [6.45, 7) is 4.29. The smallest absolute Gasteiger partial charge is 0.324 e. The van der Waals surface area contributed by atoms with Crippen LogP contribution in [0.2, 0.25) is 5.02 Å². The van der Waals surface area contributed by atoms with E-state index in [4.69, 9.17) is 16.1 Å². The molecule has 2 aliphatic heterocycles. The van der Waals surface area contributed by atoms with Gasteiger partial charge in [0, 0.05) is 61.5 Å². The fourth-order valence-electron chi connectivity index (χ4n) is 4.47. The van der Waals surface area contributed by atoms with Crippen LogP contribution in [0.15, 0.2) is 53.1 Å². The average molecular weight is 470 g/mol. The lowest BCUT2D eigenvalue weighted by Crippen LogP contribution is -2.51. The largest absolute Gasteiger partial charge is 0.368 e. The molecule has 0 bridgehead atoms.